The summed E-state index contributed by atoms with van der Waals surface area (Å²) >= 11 is 0. The van der Waals surface area contributed by atoms with E-state index in [2.05, 4.69) is 5.32 Å². The van der Waals surface area contributed by atoms with Gasteiger partial charge >= 0.3 is 0 Å². The minimum atomic E-state index is -3.79. The highest BCUT2D eigenvalue weighted by atomic mass is 32.2. The molecule has 0 saturated heterocycles. The van der Waals surface area contributed by atoms with Crippen LogP contribution in [-0.2, 0) is 10.0 Å². The van der Waals surface area contributed by atoms with Crippen LogP contribution in [-0.4, -0.2) is 39.1 Å². The SMILES string of the molecule is Cc1ccc(N(C)S(=O)(=O)c2cccc(C(=O)NCC3CCCCC3O)c2)cc1. The van der Waals surface area contributed by atoms with Gasteiger partial charge in [0.05, 0.1) is 16.7 Å². The molecular weight excluding hydrogens is 388 g/mol. The second-order valence-electron chi connectivity index (χ2n) is 7.66. The summed E-state index contributed by atoms with van der Waals surface area (Å²) in [5.41, 5.74) is 1.88. The average molecular weight is 417 g/mol. The second kappa shape index (κ2) is 8.97. The van der Waals surface area contributed by atoms with Crippen LogP contribution in [0, 0.1) is 12.8 Å². The summed E-state index contributed by atoms with van der Waals surface area (Å²) in [6.45, 7) is 2.33. The van der Waals surface area contributed by atoms with Gasteiger partial charge in [0.25, 0.3) is 15.9 Å². The third kappa shape index (κ3) is 4.97. The topological polar surface area (TPSA) is 86.7 Å². The summed E-state index contributed by atoms with van der Waals surface area (Å²) in [5.74, 6) is -0.287. The highest BCUT2D eigenvalue weighted by molar-refractivity contribution is 7.92. The molecule has 1 fully saturated rings. The van der Waals surface area contributed by atoms with E-state index in [1.165, 1.54) is 23.5 Å². The minimum absolute atomic E-state index is 0.0484. The summed E-state index contributed by atoms with van der Waals surface area (Å²) < 4.78 is 27.2. The van der Waals surface area contributed by atoms with Crippen molar-refractivity contribution in [3.05, 3.63) is 59.7 Å². The normalized spacial score (nSPS) is 19.6. The molecule has 2 unspecified atom stereocenters. The van der Waals surface area contributed by atoms with Crippen LogP contribution in [0.2, 0.25) is 0 Å². The monoisotopic (exact) mass is 416 g/mol. The molecule has 0 aromatic heterocycles. The van der Waals surface area contributed by atoms with Crippen molar-refractivity contribution in [1.82, 2.24) is 5.32 Å². The van der Waals surface area contributed by atoms with E-state index in [0.717, 1.165) is 31.2 Å². The van der Waals surface area contributed by atoms with Gasteiger partial charge in [-0.15, -0.1) is 0 Å². The first kappa shape index (κ1) is 21.3. The first-order chi connectivity index (χ1) is 13.8. The van der Waals surface area contributed by atoms with Gasteiger partial charge in [0.2, 0.25) is 0 Å². The Kier molecular flexibility index (Phi) is 6.59. The molecule has 1 saturated carbocycles. The quantitative estimate of drug-likeness (QED) is 0.758. The predicted octanol–water partition coefficient (Wildman–Crippen LogP) is 3.10. The maximum absolute atomic E-state index is 13.0. The molecule has 7 heteroatoms. The molecule has 0 radical (unpaired) electrons. The van der Waals surface area contributed by atoms with Crippen LogP contribution >= 0.6 is 0 Å². The number of hydrogen-bond donors (Lipinski definition) is 2. The van der Waals surface area contributed by atoms with E-state index in [0.29, 0.717) is 12.2 Å². The Labute approximate surface area is 172 Å². The lowest BCUT2D eigenvalue weighted by Gasteiger charge is -2.27. The van der Waals surface area contributed by atoms with Crippen LogP contribution in [0.25, 0.3) is 0 Å². The van der Waals surface area contributed by atoms with Crippen molar-refractivity contribution >= 4 is 21.6 Å². The van der Waals surface area contributed by atoms with Gasteiger partial charge in [-0.3, -0.25) is 9.10 Å². The summed E-state index contributed by atoms with van der Waals surface area (Å²) in [4.78, 5) is 12.6. The predicted molar refractivity (Wildman–Crippen MR) is 114 cm³/mol. The van der Waals surface area contributed by atoms with Gasteiger partial charge < -0.3 is 10.4 Å². The fourth-order valence-corrected chi connectivity index (χ4v) is 4.84. The molecule has 0 aliphatic heterocycles. The van der Waals surface area contributed by atoms with Crippen LogP contribution in [0.5, 0.6) is 0 Å². The van der Waals surface area contributed by atoms with Gasteiger partial charge in [0.15, 0.2) is 0 Å². The molecule has 3 rings (SSSR count). The number of carbonyl (C=O) groups is 1. The van der Waals surface area contributed by atoms with Crippen LogP contribution < -0.4 is 9.62 Å². The van der Waals surface area contributed by atoms with Crippen LogP contribution in [0.15, 0.2) is 53.4 Å². The smallest absolute Gasteiger partial charge is 0.264 e. The van der Waals surface area contributed by atoms with Crippen LogP contribution in [0.1, 0.15) is 41.6 Å². The third-order valence-corrected chi connectivity index (χ3v) is 7.33. The number of amides is 1. The Balaban J connectivity index is 1.73. The number of aliphatic hydroxyl groups excluding tert-OH is 1. The third-order valence-electron chi connectivity index (χ3n) is 5.55. The molecule has 1 amide bonds. The van der Waals surface area contributed by atoms with Crippen molar-refractivity contribution in [1.29, 1.82) is 0 Å². The van der Waals surface area contributed by atoms with Crippen LogP contribution in [0.3, 0.4) is 0 Å². The van der Waals surface area contributed by atoms with Gasteiger partial charge in [-0.2, -0.15) is 0 Å². The molecule has 2 aromatic rings. The summed E-state index contributed by atoms with van der Waals surface area (Å²) in [7, 11) is -2.29. The number of aryl methyl sites for hydroxylation is 1. The van der Waals surface area contributed by atoms with E-state index in [-0.39, 0.29) is 28.4 Å². The van der Waals surface area contributed by atoms with E-state index in [9.17, 15) is 18.3 Å². The largest absolute Gasteiger partial charge is 0.393 e. The average Bonchev–Trinajstić information content (AvgIpc) is 2.73. The standard InChI is InChI=1S/C22H28N2O4S/c1-16-10-12-19(13-11-16)24(2)29(27,28)20-8-5-7-17(14-20)22(26)23-15-18-6-3-4-9-21(18)25/h5,7-8,10-14,18,21,25H,3-4,6,9,15H2,1-2H3,(H,23,26). The summed E-state index contributed by atoms with van der Waals surface area (Å²) in [5, 5.41) is 12.9. The lowest BCUT2D eigenvalue weighted by Crippen LogP contribution is -2.36. The van der Waals surface area contributed by atoms with Gasteiger partial charge in [0, 0.05) is 25.1 Å². The zero-order valence-electron chi connectivity index (χ0n) is 16.8. The number of rotatable bonds is 6. The maximum Gasteiger partial charge on any atom is 0.264 e. The number of hydrogen-bond acceptors (Lipinski definition) is 4. The second-order valence-corrected chi connectivity index (χ2v) is 9.63. The summed E-state index contributed by atoms with van der Waals surface area (Å²) in [6, 6.07) is 13.2. The zero-order chi connectivity index (χ0) is 21.0. The molecule has 2 N–H and O–H groups in total. The number of anilines is 1. The fraction of sp³-hybridized carbons (Fsp3) is 0.409. The molecule has 2 aromatic carbocycles. The van der Waals surface area contributed by atoms with Crippen molar-refractivity contribution in [2.45, 2.75) is 43.6 Å². The van der Waals surface area contributed by atoms with Crippen molar-refractivity contribution in [2.75, 3.05) is 17.9 Å². The molecule has 29 heavy (non-hydrogen) atoms. The Bertz CT molecular complexity index is 957. The minimum Gasteiger partial charge on any atom is -0.393 e. The number of aliphatic hydroxyl groups is 1. The van der Waals surface area contributed by atoms with E-state index in [1.54, 1.807) is 24.3 Å². The van der Waals surface area contributed by atoms with Crippen LogP contribution in [0.4, 0.5) is 5.69 Å². The van der Waals surface area contributed by atoms with Crippen molar-refractivity contribution < 1.29 is 18.3 Å². The lowest BCUT2D eigenvalue weighted by atomic mass is 9.86. The Morgan fingerprint density at radius 1 is 1.14 bits per heavy atom. The van der Waals surface area contributed by atoms with Crippen molar-refractivity contribution in [2.24, 2.45) is 5.92 Å². The number of sulfonamides is 1. The molecule has 156 valence electrons. The molecule has 2 atom stereocenters. The molecule has 1 aliphatic rings. The first-order valence-electron chi connectivity index (χ1n) is 9.91. The lowest BCUT2D eigenvalue weighted by molar-refractivity contribution is 0.0663. The first-order valence-corrected chi connectivity index (χ1v) is 11.3. The molecule has 1 aliphatic carbocycles. The highest BCUT2D eigenvalue weighted by Gasteiger charge is 2.25. The Hall–Kier alpha value is -2.38. The van der Waals surface area contributed by atoms with Gasteiger partial charge in [-0.05, 0) is 50.1 Å². The van der Waals surface area contributed by atoms with E-state index >= 15 is 0 Å². The fourth-order valence-electron chi connectivity index (χ4n) is 3.60. The number of carbonyl (C=O) groups excluding carboxylic acids is 1. The maximum atomic E-state index is 13.0. The molecular formula is C22H28N2O4S. The molecule has 0 bridgehead atoms. The van der Waals surface area contributed by atoms with Gasteiger partial charge in [0.1, 0.15) is 0 Å². The molecule has 6 nitrogen and oxygen atoms in total. The Morgan fingerprint density at radius 2 is 1.83 bits per heavy atom. The van der Waals surface area contributed by atoms with E-state index < -0.39 is 10.0 Å². The Morgan fingerprint density at radius 3 is 2.52 bits per heavy atom. The summed E-state index contributed by atoms with van der Waals surface area (Å²) in [6.07, 6.45) is 3.33. The number of nitrogens with one attached hydrogen (secondary N) is 1. The van der Waals surface area contributed by atoms with E-state index in [1.807, 2.05) is 19.1 Å². The molecule has 0 spiro atoms. The van der Waals surface area contributed by atoms with Crippen molar-refractivity contribution in [3.63, 3.8) is 0 Å². The van der Waals surface area contributed by atoms with Gasteiger partial charge in [-0.1, -0.05) is 36.6 Å². The van der Waals surface area contributed by atoms with Crippen molar-refractivity contribution in [3.8, 4) is 0 Å². The number of nitrogens with zero attached hydrogens (tertiary/aromatic N) is 1. The van der Waals surface area contributed by atoms with Gasteiger partial charge in [-0.25, -0.2) is 8.42 Å². The molecule has 0 heterocycles. The van der Waals surface area contributed by atoms with E-state index in [4.69, 9.17) is 0 Å². The highest BCUT2D eigenvalue weighted by Crippen LogP contribution is 2.25. The number of benzene rings is 2. The zero-order valence-corrected chi connectivity index (χ0v) is 17.7.